The molecule has 1 aliphatic heterocycles. The van der Waals surface area contributed by atoms with Gasteiger partial charge in [-0.25, -0.2) is 0 Å². The largest absolute Gasteiger partial charge is 0.378 e. The van der Waals surface area contributed by atoms with E-state index in [9.17, 15) is 4.79 Å². The molecule has 18 heavy (non-hydrogen) atoms. The predicted molar refractivity (Wildman–Crippen MR) is 64.3 cm³/mol. The average Bonchev–Trinajstić information content (AvgIpc) is 2.86. The van der Waals surface area contributed by atoms with Crippen molar-refractivity contribution in [1.82, 2.24) is 15.0 Å². The van der Waals surface area contributed by atoms with Gasteiger partial charge in [-0.15, -0.1) is 0 Å². The average molecular weight is 254 g/mol. The number of carbonyl (C=O) groups excluding carboxylic acids is 1. The van der Waals surface area contributed by atoms with Crippen LogP contribution < -0.4 is 5.32 Å². The number of nitrogens with zero attached hydrogens (tertiary/aromatic N) is 3. The van der Waals surface area contributed by atoms with E-state index in [0.717, 1.165) is 0 Å². The number of anilines is 1. The minimum atomic E-state index is 0.0163. The summed E-state index contributed by atoms with van der Waals surface area (Å²) in [6, 6.07) is 0.292. The molecule has 0 unspecified atom stereocenters. The van der Waals surface area contributed by atoms with Crippen molar-refractivity contribution >= 4 is 11.9 Å². The summed E-state index contributed by atoms with van der Waals surface area (Å²) in [5, 5.41) is 6.66. The van der Waals surface area contributed by atoms with Crippen LogP contribution in [0.15, 0.2) is 4.52 Å². The number of amides is 1. The Bertz CT molecular complexity index is 399. The molecule has 2 heterocycles. The van der Waals surface area contributed by atoms with Crippen molar-refractivity contribution in [2.45, 2.75) is 19.8 Å². The molecule has 0 aromatic carbocycles. The number of hydrogen-bond donors (Lipinski definition) is 1. The van der Waals surface area contributed by atoms with Crippen molar-refractivity contribution in [2.24, 2.45) is 0 Å². The van der Waals surface area contributed by atoms with Crippen LogP contribution in [-0.4, -0.2) is 53.8 Å². The van der Waals surface area contributed by atoms with Crippen LogP contribution in [0.5, 0.6) is 0 Å². The molecule has 0 aliphatic carbocycles. The van der Waals surface area contributed by atoms with E-state index in [-0.39, 0.29) is 18.4 Å². The zero-order valence-electron chi connectivity index (χ0n) is 10.7. The Hall–Kier alpha value is -1.63. The lowest BCUT2D eigenvalue weighted by molar-refractivity contribution is -0.133. The van der Waals surface area contributed by atoms with Gasteiger partial charge in [-0.05, 0) is 0 Å². The van der Waals surface area contributed by atoms with Gasteiger partial charge in [0, 0.05) is 19.0 Å². The maximum absolute atomic E-state index is 11.8. The van der Waals surface area contributed by atoms with E-state index < -0.39 is 0 Å². The van der Waals surface area contributed by atoms with E-state index in [1.54, 1.807) is 4.90 Å². The molecule has 100 valence electrons. The lowest BCUT2D eigenvalue weighted by Crippen LogP contribution is -2.43. The summed E-state index contributed by atoms with van der Waals surface area (Å²) < 4.78 is 10.2. The maximum Gasteiger partial charge on any atom is 0.321 e. The highest BCUT2D eigenvalue weighted by Crippen LogP contribution is 2.12. The molecule has 0 radical (unpaired) electrons. The molecule has 1 N–H and O–H groups in total. The number of ether oxygens (including phenoxy) is 1. The van der Waals surface area contributed by atoms with Crippen molar-refractivity contribution in [2.75, 3.05) is 38.2 Å². The first-order chi connectivity index (χ1) is 8.66. The fourth-order valence-corrected chi connectivity index (χ4v) is 1.62. The third-order valence-electron chi connectivity index (χ3n) is 2.71. The van der Waals surface area contributed by atoms with Crippen LogP contribution in [0.2, 0.25) is 0 Å². The lowest BCUT2D eigenvalue weighted by atomic mass is 10.2. The highest BCUT2D eigenvalue weighted by molar-refractivity contribution is 5.80. The Balaban J connectivity index is 1.81. The molecule has 0 spiro atoms. The SMILES string of the molecule is CC(C)c1noc(NCC(=O)N2CCOCC2)n1. The van der Waals surface area contributed by atoms with Gasteiger partial charge in [0.25, 0.3) is 0 Å². The molecule has 1 aromatic rings. The molecule has 1 aliphatic rings. The molecule has 2 rings (SSSR count). The number of aromatic nitrogens is 2. The molecular formula is C11H18N4O3. The standard InChI is InChI=1S/C11H18N4O3/c1-8(2)10-13-11(18-14-10)12-7-9(16)15-3-5-17-6-4-15/h8H,3-7H2,1-2H3,(H,12,13,14). The highest BCUT2D eigenvalue weighted by Gasteiger charge is 2.17. The quantitative estimate of drug-likeness (QED) is 0.841. The first kappa shape index (κ1) is 12.8. The second-order valence-electron chi connectivity index (χ2n) is 4.46. The van der Waals surface area contributed by atoms with Gasteiger partial charge >= 0.3 is 6.01 Å². The van der Waals surface area contributed by atoms with Crippen LogP contribution in [0.1, 0.15) is 25.6 Å². The van der Waals surface area contributed by atoms with Gasteiger partial charge < -0.3 is 19.5 Å². The Kier molecular flexibility index (Phi) is 4.14. The molecule has 1 amide bonds. The van der Waals surface area contributed by atoms with Gasteiger partial charge in [0.05, 0.1) is 19.8 Å². The van der Waals surface area contributed by atoms with Crippen LogP contribution in [0.3, 0.4) is 0 Å². The van der Waals surface area contributed by atoms with Crippen LogP contribution in [-0.2, 0) is 9.53 Å². The number of nitrogens with one attached hydrogen (secondary N) is 1. The van der Waals surface area contributed by atoms with Gasteiger partial charge in [0.15, 0.2) is 5.82 Å². The Morgan fingerprint density at radius 3 is 2.78 bits per heavy atom. The predicted octanol–water partition coefficient (Wildman–Crippen LogP) is 0.464. The topological polar surface area (TPSA) is 80.5 Å². The van der Waals surface area contributed by atoms with E-state index in [2.05, 4.69) is 15.5 Å². The van der Waals surface area contributed by atoms with E-state index >= 15 is 0 Å². The zero-order valence-corrected chi connectivity index (χ0v) is 10.7. The molecule has 7 nitrogen and oxygen atoms in total. The van der Waals surface area contributed by atoms with E-state index in [0.29, 0.717) is 38.1 Å². The van der Waals surface area contributed by atoms with Crippen molar-refractivity contribution in [1.29, 1.82) is 0 Å². The van der Waals surface area contributed by atoms with E-state index in [4.69, 9.17) is 9.26 Å². The molecule has 1 saturated heterocycles. The first-order valence-electron chi connectivity index (χ1n) is 6.10. The first-order valence-corrected chi connectivity index (χ1v) is 6.10. The van der Waals surface area contributed by atoms with Gasteiger partial charge in [-0.1, -0.05) is 19.0 Å². The summed E-state index contributed by atoms with van der Waals surface area (Å²) in [6.07, 6.45) is 0. The van der Waals surface area contributed by atoms with Crippen LogP contribution in [0.4, 0.5) is 6.01 Å². The third-order valence-corrected chi connectivity index (χ3v) is 2.71. The molecule has 1 fully saturated rings. The Labute approximate surface area is 105 Å². The van der Waals surface area contributed by atoms with E-state index in [1.165, 1.54) is 0 Å². The fourth-order valence-electron chi connectivity index (χ4n) is 1.62. The van der Waals surface area contributed by atoms with E-state index in [1.807, 2.05) is 13.8 Å². The molecule has 0 saturated carbocycles. The van der Waals surface area contributed by atoms with Gasteiger partial charge in [0.2, 0.25) is 5.91 Å². The summed E-state index contributed by atoms with van der Waals surface area (Å²) in [5.74, 6) is 0.859. The van der Waals surface area contributed by atoms with Gasteiger partial charge in [-0.2, -0.15) is 4.98 Å². The molecular weight excluding hydrogens is 236 g/mol. The number of morpholine rings is 1. The monoisotopic (exact) mass is 254 g/mol. The van der Waals surface area contributed by atoms with Crippen LogP contribution >= 0.6 is 0 Å². The van der Waals surface area contributed by atoms with Crippen LogP contribution in [0, 0.1) is 0 Å². The zero-order chi connectivity index (χ0) is 13.0. The Morgan fingerprint density at radius 2 is 2.17 bits per heavy atom. The number of carbonyl (C=O) groups is 1. The minimum Gasteiger partial charge on any atom is -0.378 e. The van der Waals surface area contributed by atoms with Crippen molar-refractivity contribution < 1.29 is 14.1 Å². The van der Waals surface area contributed by atoms with Crippen LogP contribution in [0.25, 0.3) is 0 Å². The molecule has 0 bridgehead atoms. The third kappa shape index (κ3) is 3.19. The van der Waals surface area contributed by atoms with Gasteiger partial charge in [-0.3, -0.25) is 4.79 Å². The minimum absolute atomic E-state index is 0.0163. The normalized spacial score (nSPS) is 16.1. The summed E-state index contributed by atoms with van der Waals surface area (Å²) in [4.78, 5) is 17.7. The second-order valence-corrected chi connectivity index (χ2v) is 4.46. The molecule has 0 atom stereocenters. The lowest BCUT2D eigenvalue weighted by Gasteiger charge is -2.26. The summed E-state index contributed by atoms with van der Waals surface area (Å²) in [6.45, 7) is 6.61. The maximum atomic E-state index is 11.8. The second kappa shape index (κ2) is 5.81. The summed E-state index contributed by atoms with van der Waals surface area (Å²) in [7, 11) is 0. The number of hydrogen-bond acceptors (Lipinski definition) is 6. The van der Waals surface area contributed by atoms with Gasteiger partial charge in [0.1, 0.15) is 0 Å². The molecule has 7 heteroatoms. The number of rotatable bonds is 4. The van der Waals surface area contributed by atoms with Crippen molar-refractivity contribution in [3.63, 3.8) is 0 Å². The fraction of sp³-hybridized carbons (Fsp3) is 0.727. The summed E-state index contributed by atoms with van der Waals surface area (Å²) in [5.41, 5.74) is 0. The smallest absolute Gasteiger partial charge is 0.321 e. The summed E-state index contributed by atoms with van der Waals surface area (Å²) >= 11 is 0. The van der Waals surface area contributed by atoms with Crippen molar-refractivity contribution in [3.05, 3.63) is 5.82 Å². The Morgan fingerprint density at radius 1 is 1.44 bits per heavy atom. The van der Waals surface area contributed by atoms with Crippen molar-refractivity contribution in [3.8, 4) is 0 Å². The molecule has 1 aromatic heterocycles. The highest BCUT2D eigenvalue weighted by atomic mass is 16.5.